The van der Waals surface area contributed by atoms with Crippen LogP contribution in [0.4, 0.5) is 17.3 Å². The molecule has 10 rings (SSSR count). The fourth-order valence-electron chi connectivity index (χ4n) is 7.17. The molecular formula is C45H29N5. The molecule has 2 aromatic heterocycles. The average Bonchev–Trinajstić information content (AvgIpc) is 3.49. The van der Waals surface area contributed by atoms with E-state index in [1.165, 1.54) is 10.8 Å². The molecule has 5 nitrogen and oxygen atoms in total. The lowest BCUT2D eigenvalue weighted by atomic mass is 10.0. The molecule has 0 unspecified atom stereocenters. The molecule has 7 aromatic carbocycles. The van der Waals surface area contributed by atoms with Crippen molar-refractivity contribution in [3.05, 3.63) is 176 Å². The van der Waals surface area contributed by atoms with E-state index in [9.17, 15) is 0 Å². The summed E-state index contributed by atoms with van der Waals surface area (Å²) in [6, 6.07) is 61.4. The van der Waals surface area contributed by atoms with E-state index in [0.717, 1.165) is 73.2 Å². The van der Waals surface area contributed by atoms with Crippen LogP contribution in [-0.4, -0.2) is 19.5 Å². The minimum Gasteiger partial charge on any atom is -0.280 e. The third kappa shape index (κ3) is 4.60. The van der Waals surface area contributed by atoms with E-state index in [2.05, 4.69) is 149 Å². The molecule has 0 fully saturated rings. The van der Waals surface area contributed by atoms with Crippen LogP contribution < -0.4 is 4.90 Å². The second-order valence-electron chi connectivity index (χ2n) is 12.5. The van der Waals surface area contributed by atoms with E-state index in [4.69, 9.17) is 15.0 Å². The second-order valence-corrected chi connectivity index (χ2v) is 12.5. The molecule has 0 bridgehead atoms. The van der Waals surface area contributed by atoms with E-state index in [-0.39, 0.29) is 0 Å². The van der Waals surface area contributed by atoms with Crippen molar-refractivity contribution in [2.75, 3.05) is 4.90 Å². The summed E-state index contributed by atoms with van der Waals surface area (Å²) in [5.41, 5.74) is 12.2. The minimum absolute atomic E-state index is 0.691. The van der Waals surface area contributed by atoms with Gasteiger partial charge in [-0.05, 0) is 53.2 Å². The summed E-state index contributed by atoms with van der Waals surface area (Å²) in [6.07, 6.45) is 0. The SMILES string of the molecule is c1ccc(-c2cc(-c3cccc(N4c5ccccc5-c5ccccc5-n5c4nc4cc6ccccc6cc45)c3)nc(-c3ccccc3)n2)cc1. The largest absolute Gasteiger partial charge is 0.280 e. The third-order valence-corrected chi connectivity index (χ3v) is 9.51. The van der Waals surface area contributed by atoms with Crippen LogP contribution >= 0.6 is 0 Å². The third-order valence-electron chi connectivity index (χ3n) is 9.51. The minimum atomic E-state index is 0.691. The predicted molar refractivity (Wildman–Crippen MR) is 204 cm³/mol. The van der Waals surface area contributed by atoms with Crippen molar-refractivity contribution in [3.63, 3.8) is 0 Å². The molecule has 0 spiro atoms. The first kappa shape index (κ1) is 28.2. The Labute approximate surface area is 289 Å². The van der Waals surface area contributed by atoms with Crippen LogP contribution in [0.3, 0.4) is 0 Å². The molecule has 50 heavy (non-hydrogen) atoms. The number of anilines is 3. The fraction of sp³-hybridized carbons (Fsp3) is 0. The smallest absolute Gasteiger partial charge is 0.220 e. The number of imidazole rings is 1. The molecule has 0 N–H and O–H groups in total. The standard InChI is InChI=1S/C45H29N5/c1-3-14-30(15-4-1)38-29-39(47-44(46-38)31-16-5-2-6-17-31)34-20-13-21-35(26-34)49-41-24-11-9-22-36(41)37-23-10-12-25-42(37)50-43-28-33-19-8-7-18-32(33)27-40(43)48-45(49)50/h1-29H. The van der Waals surface area contributed by atoms with Crippen molar-refractivity contribution in [1.29, 1.82) is 0 Å². The van der Waals surface area contributed by atoms with Crippen LogP contribution in [0.15, 0.2) is 176 Å². The predicted octanol–water partition coefficient (Wildman–Crippen LogP) is 11.4. The van der Waals surface area contributed by atoms with Gasteiger partial charge in [0, 0.05) is 33.5 Å². The van der Waals surface area contributed by atoms with Gasteiger partial charge in [-0.2, -0.15) is 0 Å². The lowest BCUT2D eigenvalue weighted by Gasteiger charge is -2.25. The first-order valence-electron chi connectivity index (χ1n) is 16.8. The zero-order chi connectivity index (χ0) is 33.0. The van der Waals surface area contributed by atoms with Crippen molar-refractivity contribution >= 4 is 39.1 Å². The number of para-hydroxylation sites is 2. The molecule has 1 aliphatic rings. The van der Waals surface area contributed by atoms with Gasteiger partial charge in [-0.1, -0.05) is 133 Å². The van der Waals surface area contributed by atoms with Gasteiger partial charge in [0.25, 0.3) is 0 Å². The first-order chi connectivity index (χ1) is 24.8. The van der Waals surface area contributed by atoms with Gasteiger partial charge in [0.1, 0.15) is 0 Å². The van der Waals surface area contributed by atoms with Gasteiger partial charge in [-0.15, -0.1) is 0 Å². The van der Waals surface area contributed by atoms with E-state index < -0.39 is 0 Å². The molecule has 0 radical (unpaired) electrons. The molecule has 5 heteroatoms. The Hall–Kier alpha value is -6.85. The van der Waals surface area contributed by atoms with Crippen LogP contribution in [-0.2, 0) is 0 Å². The van der Waals surface area contributed by atoms with E-state index in [1.54, 1.807) is 0 Å². The van der Waals surface area contributed by atoms with Gasteiger partial charge in [0.2, 0.25) is 5.95 Å². The highest BCUT2D eigenvalue weighted by atomic mass is 15.3. The van der Waals surface area contributed by atoms with Gasteiger partial charge in [0.15, 0.2) is 5.82 Å². The van der Waals surface area contributed by atoms with Gasteiger partial charge in [-0.3, -0.25) is 9.47 Å². The maximum Gasteiger partial charge on any atom is 0.220 e. The fourth-order valence-corrected chi connectivity index (χ4v) is 7.17. The Morgan fingerprint density at radius 3 is 1.74 bits per heavy atom. The molecular weight excluding hydrogens is 611 g/mol. The van der Waals surface area contributed by atoms with Gasteiger partial charge < -0.3 is 0 Å². The number of fused-ring (bicyclic) bond motifs is 8. The quantitative estimate of drug-likeness (QED) is 0.192. The summed E-state index contributed by atoms with van der Waals surface area (Å²) in [5.74, 6) is 1.53. The molecule has 0 saturated carbocycles. The number of benzene rings is 7. The number of nitrogens with zero attached hydrogens (tertiary/aromatic N) is 5. The van der Waals surface area contributed by atoms with Gasteiger partial charge in [-0.25, -0.2) is 15.0 Å². The molecule has 0 saturated heterocycles. The van der Waals surface area contributed by atoms with Crippen molar-refractivity contribution in [1.82, 2.24) is 19.5 Å². The maximum atomic E-state index is 5.39. The summed E-state index contributed by atoms with van der Waals surface area (Å²) in [7, 11) is 0. The van der Waals surface area contributed by atoms with Crippen molar-refractivity contribution in [2.45, 2.75) is 0 Å². The second kappa shape index (κ2) is 11.4. The monoisotopic (exact) mass is 639 g/mol. The highest BCUT2D eigenvalue weighted by Gasteiger charge is 2.29. The summed E-state index contributed by atoms with van der Waals surface area (Å²) < 4.78 is 2.31. The lowest BCUT2D eigenvalue weighted by Crippen LogP contribution is -2.14. The average molecular weight is 640 g/mol. The van der Waals surface area contributed by atoms with Crippen molar-refractivity contribution in [2.24, 2.45) is 0 Å². The van der Waals surface area contributed by atoms with Crippen molar-refractivity contribution in [3.8, 4) is 50.7 Å². The normalized spacial score (nSPS) is 12.0. The van der Waals surface area contributed by atoms with Crippen molar-refractivity contribution < 1.29 is 0 Å². The zero-order valence-corrected chi connectivity index (χ0v) is 27.0. The molecule has 3 heterocycles. The van der Waals surface area contributed by atoms with Crippen LogP contribution in [0.2, 0.25) is 0 Å². The van der Waals surface area contributed by atoms with E-state index in [1.807, 2.05) is 36.4 Å². The topological polar surface area (TPSA) is 46.8 Å². The highest BCUT2D eigenvalue weighted by Crippen LogP contribution is 2.48. The summed E-state index contributed by atoms with van der Waals surface area (Å²) in [5, 5.41) is 2.35. The summed E-state index contributed by atoms with van der Waals surface area (Å²) >= 11 is 0. The van der Waals surface area contributed by atoms with Gasteiger partial charge in [0.05, 0.1) is 33.8 Å². The van der Waals surface area contributed by atoms with E-state index in [0.29, 0.717) is 5.82 Å². The van der Waals surface area contributed by atoms with E-state index >= 15 is 0 Å². The maximum absolute atomic E-state index is 5.39. The summed E-state index contributed by atoms with van der Waals surface area (Å²) in [6.45, 7) is 0. The Morgan fingerprint density at radius 1 is 0.400 bits per heavy atom. The number of aromatic nitrogens is 4. The number of rotatable bonds is 4. The van der Waals surface area contributed by atoms with Gasteiger partial charge >= 0.3 is 0 Å². The molecule has 9 aromatic rings. The zero-order valence-electron chi connectivity index (χ0n) is 27.0. The molecule has 0 amide bonds. The Morgan fingerprint density at radius 2 is 0.980 bits per heavy atom. The first-order valence-corrected chi connectivity index (χ1v) is 16.8. The number of hydrogen-bond acceptors (Lipinski definition) is 4. The van der Waals surface area contributed by atoms with Crippen LogP contribution in [0, 0.1) is 0 Å². The molecule has 0 aliphatic carbocycles. The number of hydrogen-bond donors (Lipinski definition) is 0. The van der Waals surface area contributed by atoms with Crippen LogP contribution in [0.5, 0.6) is 0 Å². The Balaban J connectivity index is 1.22. The summed E-state index contributed by atoms with van der Waals surface area (Å²) in [4.78, 5) is 17.8. The Bertz CT molecular complexity index is 2660. The molecule has 234 valence electrons. The molecule has 1 aliphatic heterocycles. The Kier molecular flexibility index (Phi) is 6.42. The van der Waals surface area contributed by atoms with Crippen LogP contribution in [0.1, 0.15) is 0 Å². The lowest BCUT2D eigenvalue weighted by molar-refractivity contribution is 1.05. The van der Waals surface area contributed by atoms with Crippen LogP contribution in [0.25, 0.3) is 72.5 Å². The highest BCUT2D eigenvalue weighted by molar-refractivity contribution is 6.01. The molecule has 0 atom stereocenters.